The van der Waals surface area contributed by atoms with Crippen molar-refractivity contribution in [3.63, 3.8) is 0 Å². The maximum atomic E-state index is 12.7. The second kappa shape index (κ2) is 8.93. The van der Waals surface area contributed by atoms with Gasteiger partial charge in [-0.05, 0) is 19.3 Å². The van der Waals surface area contributed by atoms with Crippen LogP contribution in [0.25, 0.3) is 11.3 Å². The number of fused-ring (bicyclic) bond motifs is 1. The van der Waals surface area contributed by atoms with Crippen LogP contribution in [0.3, 0.4) is 0 Å². The minimum absolute atomic E-state index is 0.0397. The van der Waals surface area contributed by atoms with Crippen molar-refractivity contribution in [2.75, 3.05) is 14.1 Å². The van der Waals surface area contributed by atoms with Gasteiger partial charge in [0.2, 0.25) is 0 Å². The van der Waals surface area contributed by atoms with Crippen LogP contribution in [0.15, 0.2) is 48.4 Å². The summed E-state index contributed by atoms with van der Waals surface area (Å²) in [7, 11) is 3.54. The summed E-state index contributed by atoms with van der Waals surface area (Å²) in [4.78, 5) is 19.0. The maximum absolute atomic E-state index is 12.7. The van der Waals surface area contributed by atoms with Gasteiger partial charge in [-0.25, -0.2) is 4.98 Å². The summed E-state index contributed by atoms with van der Waals surface area (Å²) in [6, 6.07) is 10.5. The molecule has 1 aliphatic carbocycles. The van der Waals surface area contributed by atoms with Crippen LogP contribution in [-0.4, -0.2) is 45.7 Å². The number of allylic oxidation sites excluding steroid dienone is 1. The molecule has 0 aliphatic heterocycles. The molecular formula is C23H27N5OS. The molecule has 3 aromatic rings. The van der Waals surface area contributed by atoms with Crippen LogP contribution in [0.5, 0.6) is 0 Å². The second-order valence-electron chi connectivity index (χ2n) is 7.76. The van der Waals surface area contributed by atoms with Crippen LogP contribution in [0, 0.1) is 0 Å². The van der Waals surface area contributed by atoms with Crippen molar-refractivity contribution in [1.82, 2.24) is 25.0 Å². The van der Waals surface area contributed by atoms with Gasteiger partial charge in [-0.1, -0.05) is 36.4 Å². The number of thiazole rings is 1. The molecular weight excluding hydrogens is 394 g/mol. The van der Waals surface area contributed by atoms with Gasteiger partial charge in [-0.2, -0.15) is 5.10 Å². The Morgan fingerprint density at radius 1 is 1.37 bits per heavy atom. The number of benzene rings is 1. The Bertz CT molecular complexity index is 1040. The summed E-state index contributed by atoms with van der Waals surface area (Å²) in [5.74, 6) is -0.0397. The van der Waals surface area contributed by atoms with Gasteiger partial charge >= 0.3 is 0 Å². The molecule has 0 fully saturated rings. The first-order chi connectivity index (χ1) is 14.6. The molecule has 7 heteroatoms. The van der Waals surface area contributed by atoms with Crippen LogP contribution in [-0.2, 0) is 25.9 Å². The van der Waals surface area contributed by atoms with E-state index in [-0.39, 0.29) is 5.91 Å². The zero-order valence-corrected chi connectivity index (χ0v) is 18.3. The Labute approximate surface area is 181 Å². The van der Waals surface area contributed by atoms with Crippen molar-refractivity contribution < 1.29 is 4.79 Å². The van der Waals surface area contributed by atoms with E-state index in [1.165, 1.54) is 5.69 Å². The van der Waals surface area contributed by atoms with Gasteiger partial charge < -0.3 is 10.2 Å². The van der Waals surface area contributed by atoms with Crippen molar-refractivity contribution in [3.8, 4) is 11.3 Å². The highest BCUT2D eigenvalue weighted by molar-refractivity contribution is 7.09. The lowest BCUT2D eigenvalue weighted by Crippen LogP contribution is -2.35. The number of amides is 1. The number of hydrogen-bond acceptors (Lipinski definition) is 5. The fraction of sp³-hybridized carbons (Fsp3) is 0.348. The van der Waals surface area contributed by atoms with Gasteiger partial charge in [0.1, 0.15) is 5.01 Å². The molecule has 1 N–H and O–H groups in total. The van der Waals surface area contributed by atoms with Crippen LogP contribution in [0.1, 0.15) is 33.2 Å². The lowest BCUT2D eigenvalue weighted by atomic mass is 9.91. The molecule has 4 rings (SSSR count). The lowest BCUT2D eigenvalue weighted by molar-refractivity contribution is 0.0820. The molecule has 1 amide bonds. The van der Waals surface area contributed by atoms with E-state index in [1.807, 2.05) is 29.0 Å². The van der Waals surface area contributed by atoms with E-state index in [4.69, 9.17) is 4.98 Å². The molecule has 2 aromatic heterocycles. The van der Waals surface area contributed by atoms with Crippen molar-refractivity contribution in [2.45, 2.75) is 38.4 Å². The predicted molar refractivity (Wildman–Crippen MR) is 121 cm³/mol. The first-order valence-corrected chi connectivity index (χ1v) is 11.1. The molecule has 6 nitrogen and oxygen atoms in total. The van der Waals surface area contributed by atoms with Gasteiger partial charge in [0.05, 0.1) is 12.2 Å². The van der Waals surface area contributed by atoms with Gasteiger partial charge in [0.25, 0.3) is 5.91 Å². The van der Waals surface area contributed by atoms with E-state index in [0.717, 1.165) is 47.6 Å². The van der Waals surface area contributed by atoms with E-state index in [1.54, 1.807) is 30.3 Å². The van der Waals surface area contributed by atoms with E-state index in [0.29, 0.717) is 18.3 Å². The predicted octanol–water partition coefficient (Wildman–Crippen LogP) is 3.54. The summed E-state index contributed by atoms with van der Waals surface area (Å²) in [5, 5.41) is 11.4. The van der Waals surface area contributed by atoms with Crippen molar-refractivity contribution in [3.05, 3.63) is 70.3 Å². The smallest absolute Gasteiger partial charge is 0.274 e. The molecule has 0 radical (unpaired) electrons. The molecule has 0 spiro atoms. The molecule has 156 valence electrons. The van der Waals surface area contributed by atoms with Crippen LogP contribution in [0.2, 0.25) is 0 Å². The van der Waals surface area contributed by atoms with E-state index in [2.05, 4.69) is 34.5 Å². The van der Waals surface area contributed by atoms with Crippen LogP contribution in [0.4, 0.5) is 0 Å². The third-order valence-corrected chi connectivity index (χ3v) is 6.27. The fourth-order valence-corrected chi connectivity index (χ4v) is 4.64. The minimum Gasteiger partial charge on any atom is -0.343 e. The summed E-state index contributed by atoms with van der Waals surface area (Å²) in [5.41, 5.74) is 4.97. The Morgan fingerprint density at radius 3 is 2.90 bits per heavy atom. The minimum atomic E-state index is -0.0397. The molecule has 0 saturated carbocycles. The Hall–Kier alpha value is -2.77. The number of aromatic nitrogens is 3. The quantitative estimate of drug-likeness (QED) is 0.593. The summed E-state index contributed by atoms with van der Waals surface area (Å²) in [6.07, 6.45) is 4.55. The first-order valence-electron chi connectivity index (χ1n) is 10.2. The van der Waals surface area contributed by atoms with E-state index >= 15 is 0 Å². The van der Waals surface area contributed by atoms with Gasteiger partial charge in [-0.3, -0.25) is 9.48 Å². The molecule has 1 aromatic carbocycles. The van der Waals surface area contributed by atoms with E-state index < -0.39 is 0 Å². The third-order valence-electron chi connectivity index (χ3n) is 5.42. The first kappa shape index (κ1) is 20.5. The molecule has 1 aliphatic rings. The SMILES string of the molecule is C=CCn1nc(C(=O)N(C)C)c2c1CCC(NCc1nc(-c3ccccc3)cs1)C2. The van der Waals surface area contributed by atoms with Crippen LogP contribution < -0.4 is 5.32 Å². The van der Waals surface area contributed by atoms with Crippen molar-refractivity contribution in [1.29, 1.82) is 0 Å². The third kappa shape index (κ3) is 4.22. The zero-order valence-electron chi connectivity index (χ0n) is 17.5. The Kier molecular flexibility index (Phi) is 6.11. The average Bonchev–Trinajstić information content (AvgIpc) is 3.37. The van der Waals surface area contributed by atoms with Crippen molar-refractivity contribution in [2.24, 2.45) is 0 Å². The van der Waals surface area contributed by atoms with Gasteiger partial charge in [-0.15, -0.1) is 17.9 Å². The molecule has 1 atom stereocenters. The number of carbonyl (C=O) groups excluding carboxylic acids is 1. The summed E-state index contributed by atoms with van der Waals surface area (Å²) < 4.78 is 1.93. The second-order valence-corrected chi connectivity index (χ2v) is 8.70. The molecule has 1 unspecified atom stereocenters. The van der Waals surface area contributed by atoms with Crippen LogP contribution >= 0.6 is 11.3 Å². The Balaban J connectivity index is 1.46. The number of rotatable bonds is 7. The number of hydrogen-bond donors (Lipinski definition) is 1. The number of carbonyl (C=O) groups is 1. The topological polar surface area (TPSA) is 63.1 Å². The largest absolute Gasteiger partial charge is 0.343 e. The average molecular weight is 422 g/mol. The normalized spacial score (nSPS) is 15.6. The molecule has 30 heavy (non-hydrogen) atoms. The lowest BCUT2D eigenvalue weighted by Gasteiger charge is -2.24. The maximum Gasteiger partial charge on any atom is 0.274 e. The van der Waals surface area contributed by atoms with Gasteiger partial charge in [0, 0.05) is 48.9 Å². The molecule has 0 bridgehead atoms. The monoisotopic (exact) mass is 421 g/mol. The molecule has 2 heterocycles. The van der Waals surface area contributed by atoms with Gasteiger partial charge in [0.15, 0.2) is 5.69 Å². The highest BCUT2D eigenvalue weighted by Gasteiger charge is 2.29. The summed E-state index contributed by atoms with van der Waals surface area (Å²) in [6.45, 7) is 5.18. The Morgan fingerprint density at radius 2 is 2.17 bits per heavy atom. The summed E-state index contributed by atoms with van der Waals surface area (Å²) >= 11 is 1.68. The highest BCUT2D eigenvalue weighted by Crippen LogP contribution is 2.27. The number of nitrogens with one attached hydrogen (secondary N) is 1. The fourth-order valence-electron chi connectivity index (χ4n) is 3.88. The highest BCUT2D eigenvalue weighted by atomic mass is 32.1. The standard InChI is InChI=1S/C23H27N5OS/c1-4-12-28-20-11-10-17(13-18(20)22(26-28)23(29)27(2)3)24-14-21-25-19(15-30-21)16-8-6-5-7-9-16/h4-9,15,17,24H,1,10-14H2,2-3H3. The zero-order chi connectivity index (χ0) is 21.1. The number of nitrogens with zero attached hydrogens (tertiary/aromatic N) is 4. The van der Waals surface area contributed by atoms with Crippen molar-refractivity contribution >= 4 is 17.2 Å². The van der Waals surface area contributed by atoms with E-state index in [9.17, 15) is 4.79 Å². The molecule has 0 saturated heterocycles.